The van der Waals surface area contributed by atoms with Gasteiger partial charge in [-0.3, -0.25) is 9.59 Å². The Morgan fingerprint density at radius 3 is 2.24 bits per heavy atom. The van der Waals surface area contributed by atoms with Gasteiger partial charge in [0.1, 0.15) is 0 Å². The minimum absolute atomic E-state index is 0.0658. The Kier molecular flexibility index (Phi) is 7.82. The molecule has 3 aliphatic carbocycles. The molecule has 0 aromatic rings. The summed E-state index contributed by atoms with van der Waals surface area (Å²) in [5.41, 5.74) is 1.47. The molecule has 0 aliphatic heterocycles. The van der Waals surface area contributed by atoms with Crippen LogP contribution in [0.3, 0.4) is 0 Å². The highest BCUT2D eigenvalue weighted by Gasteiger charge is 2.65. The third kappa shape index (κ3) is 4.87. The van der Waals surface area contributed by atoms with Crippen LogP contribution in [0.25, 0.3) is 0 Å². The zero-order valence-electron chi connectivity index (χ0n) is 23.4. The van der Waals surface area contributed by atoms with Crippen LogP contribution in [0.15, 0.2) is 47.6 Å². The molecule has 0 heterocycles. The largest absolute Gasteiger partial charge is 0.481 e. The molecule has 37 heavy (non-hydrogen) atoms. The highest BCUT2D eigenvalue weighted by molar-refractivity contribution is 5.71. The molecule has 1 fully saturated rings. The average molecular weight is 515 g/mol. The van der Waals surface area contributed by atoms with Crippen LogP contribution >= 0.6 is 0 Å². The Hall–Kier alpha value is -2.18. The monoisotopic (exact) mass is 514 g/mol. The second kappa shape index (κ2) is 9.85. The van der Waals surface area contributed by atoms with Gasteiger partial charge < -0.3 is 20.4 Å². The van der Waals surface area contributed by atoms with E-state index < -0.39 is 51.7 Å². The van der Waals surface area contributed by atoms with Crippen molar-refractivity contribution in [2.75, 3.05) is 0 Å². The lowest BCUT2D eigenvalue weighted by Crippen LogP contribution is -2.48. The summed E-state index contributed by atoms with van der Waals surface area (Å²) in [6, 6.07) is 0. The first-order valence-corrected chi connectivity index (χ1v) is 13.5. The number of carbonyl (C=O) groups is 2. The molecule has 0 amide bonds. The number of aliphatic hydroxyl groups is 2. The van der Waals surface area contributed by atoms with E-state index in [4.69, 9.17) is 0 Å². The number of allylic oxidation sites excluding steroid dienone is 5. The van der Waals surface area contributed by atoms with Crippen molar-refractivity contribution >= 4 is 11.9 Å². The molecule has 0 unspecified atom stereocenters. The van der Waals surface area contributed by atoms with Crippen molar-refractivity contribution in [3.8, 4) is 0 Å². The number of carboxylic acid groups (broad SMARTS) is 2. The van der Waals surface area contributed by atoms with E-state index >= 15 is 0 Å². The Morgan fingerprint density at radius 1 is 1.11 bits per heavy atom. The van der Waals surface area contributed by atoms with Gasteiger partial charge in [0.2, 0.25) is 0 Å². The van der Waals surface area contributed by atoms with E-state index in [9.17, 15) is 30.0 Å². The SMILES string of the molecule is C=C(C)[C@@H]1CC=C2C(=CC[C@]3(C)[C@@H]([C@@H](CCC(=C)C(C)(C)O)C(=O)O)[C@H](O)C[C@@]23C)[C@@]1(C)CCC(=O)O. The second-order valence-corrected chi connectivity index (χ2v) is 13.1. The predicted molar refractivity (Wildman–Crippen MR) is 145 cm³/mol. The van der Waals surface area contributed by atoms with Crippen LogP contribution in [0.5, 0.6) is 0 Å². The zero-order chi connectivity index (χ0) is 28.1. The Balaban J connectivity index is 2.04. The van der Waals surface area contributed by atoms with Crippen molar-refractivity contribution in [2.45, 2.75) is 98.2 Å². The fourth-order valence-corrected chi connectivity index (χ4v) is 7.86. The van der Waals surface area contributed by atoms with Gasteiger partial charge in [0.25, 0.3) is 0 Å². The van der Waals surface area contributed by atoms with E-state index in [0.717, 1.165) is 23.1 Å². The molecule has 0 saturated heterocycles. The van der Waals surface area contributed by atoms with Crippen LogP contribution in [-0.4, -0.2) is 44.1 Å². The topological polar surface area (TPSA) is 115 Å². The van der Waals surface area contributed by atoms with Gasteiger partial charge >= 0.3 is 11.9 Å². The summed E-state index contributed by atoms with van der Waals surface area (Å²) < 4.78 is 0. The third-order valence-corrected chi connectivity index (χ3v) is 10.4. The van der Waals surface area contributed by atoms with E-state index in [2.05, 4.69) is 46.1 Å². The van der Waals surface area contributed by atoms with Gasteiger partial charge in [-0.15, -0.1) is 0 Å². The maximum absolute atomic E-state index is 12.6. The normalized spacial score (nSPS) is 36.1. The molecule has 4 N–H and O–H groups in total. The molecular formula is C31H46O6. The summed E-state index contributed by atoms with van der Waals surface area (Å²) in [6.45, 7) is 19.9. The number of fused-ring (bicyclic) bond motifs is 3. The molecule has 6 nitrogen and oxygen atoms in total. The molecule has 3 rings (SSSR count). The van der Waals surface area contributed by atoms with Crippen LogP contribution < -0.4 is 0 Å². The van der Waals surface area contributed by atoms with Gasteiger partial charge in [0, 0.05) is 17.8 Å². The summed E-state index contributed by atoms with van der Waals surface area (Å²) in [4.78, 5) is 24.1. The molecule has 0 bridgehead atoms. The fourth-order valence-electron chi connectivity index (χ4n) is 7.86. The van der Waals surface area contributed by atoms with E-state index in [1.54, 1.807) is 13.8 Å². The third-order valence-electron chi connectivity index (χ3n) is 10.4. The molecule has 0 spiro atoms. The molecule has 3 aliphatic rings. The minimum Gasteiger partial charge on any atom is -0.481 e. The van der Waals surface area contributed by atoms with Crippen LogP contribution in [0.1, 0.15) is 86.5 Å². The summed E-state index contributed by atoms with van der Waals surface area (Å²) in [5.74, 6) is -2.87. The number of hydrogen-bond acceptors (Lipinski definition) is 4. The standard InChI is InChI=1S/C31H46O6/c1-18(2)21-11-12-23-22(29(21,6)15-14-25(33)34)13-16-30(7)26(24(32)17-31(23,30)8)20(27(35)36)10-9-19(3)28(4,5)37/h12-13,20-21,24,26,32,37H,1,3,9-11,14-17H2,2,4-8H3,(H,33,34)(H,35,36)/t20-,21+,24-,26+,29+,30-,31+/m1/s1. The summed E-state index contributed by atoms with van der Waals surface area (Å²) >= 11 is 0. The lowest BCUT2D eigenvalue weighted by Gasteiger charge is -2.56. The van der Waals surface area contributed by atoms with E-state index in [1.807, 2.05) is 6.92 Å². The molecule has 1 saturated carbocycles. The van der Waals surface area contributed by atoms with Crippen molar-refractivity contribution in [1.29, 1.82) is 0 Å². The van der Waals surface area contributed by atoms with Crippen molar-refractivity contribution < 1.29 is 30.0 Å². The number of aliphatic carboxylic acids is 2. The first-order valence-electron chi connectivity index (χ1n) is 13.5. The first kappa shape index (κ1) is 29.4. The maximum atomic E-state index is 12.6. The lowest BCUT2D eigenvalue weighted by atomic mass is 9.48. The van der Waals surface area contributed by atoms with E-state index in [1.165, 1.54) is 0 Å². The molecule has 0 aromatic carbocycles. The van der Waals surface area contributed by atoms with Crippen LogP contribution in [-0.2, 0) is 9.59 Å². The number of rotatable bonds is 10. The van der Waals surface area contributed by atoms with Crippen LogP contribution in [0.4, 0.5) is 0 Å². The molecule has 6 heteroatoms. The minimum atomic E-state index is -1.09. The first-order chi connectivity index (χ1) is 16.9. The van der Waals surface area contributed by atoms with Crippen molar-refractivity contribution in [2.24, 2.45) is 34.0 Å². The molecule has 0 radical (unpaired) electrons. The number of hydrogen-bond donors (Lipinski definition) is 4. The lowest BCUT2D eigenvalue weighted by molar-refractivity contribution is -0.148. The quantitative estimate of drug-likeness (QED) is 0.269. The summed E-state index contributed by atoms with van der Waals surface area (Å²) in [5, 5.41) is 41.5. The van der Waals surface area contributed by atoms with Gasteiger partial charge in [-0.2, -0.15) is 0 Å². The van der Waals surface area contributed by atoms with Gasteiger partial charge in [-0.25, -0.2) is 0 Å². The van der Waals surface area contributed by atoms with Crippen molar-refractivity contribution in [3.63, 3.8) is 0 Å². The Morgan fingerprint density at radius 2 is 1.73 bits per heavy atom. The molecule has 0 aromatic heterocycles. The summed E-state index contributed by atoms with van der Waals surface area (Å²) in [6.07, 6.45) is 6.71. The predicted octanol–water partition coefficient (Wildman–Crippen LogP) is 5.91. The second-order valence-electron chi connectivity index (χ2n) is 13.1. The van der Waals surface area contributed by atoms with E-state index in [-0.39, 0.29) is 12.3 Å². The molecule has 7 atom stereocenters. The summed E-state index contributed by atoms with van der Waals surface area (Å²) in [7, 11) is 0. The van der Waals surface area contributed by atoms with E-state index in [0.29, 0.717) is 37.7 Å². The van der Waals surface area contributed by atoms with Crippen LogP contribution in [0, 0.1) is 34.0 Å². The average Bonchev–Trinajstić information content (AvgIpc) is 2.97. The van der Waals surface area contributed by atoms with Gasteiger partial charge in [0.15, 0.2) is 0 Å². The number of carboxylic acids is 2. The van der Waals surface area contributed by atoms with Gasteiger partial charge in [-0.05, 0) is 92.8 Å². The Bertz CT molecular complexity index is 1040. The highest BCUT2D eigenvalue weighted by Crippen LogP contribution is 2.70. The fraction of sp³-hybridized carbons (Fsp3) is 0.677. The smallest absolute Gasteiger partial charge is 0.306 e. The van der Waals surface area contributed by atoms with Crippen molar-refractivity contribution in [1.82, 2.24) is 0 Å². The Labute approximate surface area is 221 Å². The van der Waals surface area contributed by atoms with Gasteiger partial charge in [0.05, 0.1) is 17.6 Å². The highest BCUT2D eigenvalue weighted by atomic mass is 16.4. The van der Waals surface area contributed by atoms with Crippen LogP contribution in [0.2, 0.25) is 0 Å². The molecule has 206 valence electrons. The molecular weight excluding hydrogens is 468 g/mol. The maximum Gasteiger partial charge on any atom is 0.306 e. The number of aliphatic hydroxyl groups excluding tert-OH is 1. The zero-order valence-corrected chi connectivity index (χ0v) is 23.4. The van der Waals surface area contributed by atoms with Crippen molar-refractivity contribution in [3.05, 3.63) is 47.6 Å². The van der Waals surface area contributed by atoms with Gasteiger partial charge in [-0.1, -0.05) is 51.7 Å².